The average Bonchev–Trinajstić information content (AvgIpc) is 3.01. The van der Waals surface area contributed by atoms with Crippen LogP contribution in [0, 0.1) is 0 Å². The van der Waals surface area contributed by atoms with Gasteiger partial charge in [-0.2, -0.15) is 0 Å². The number of aliphatic hydroxyl groups is 1. The third kappa shape index (κ3) is 2.73. The first-order valence-corrected chi connectivity index (χ1v) is 7.26. The molecular weight excluding hydrogens is 262 g/mol. The number of carboxylic acid groups (broad SMARTS) is 1. The molecule has 2 amide bonds. The predicted octanol–water partition coefficient (Wildman–Crippen LogP) is -0.547. The van der Waals surface area contributed by atoms with Crippen LogP contribution in [0.1, 0.15) is 25.7 Å². The number of carbonyl (C=O) groups excluding carboxylic acids is 1. The summed E-state index contributed by atoms with van der Waals surface area (Å²) in [6.45, 7) is 1.95. The maximum absolute atomic E-state index is 12.2. The summed E-state index contributed by atoms with van der Waals surface area (Å²) < 4.78 is 0. The maximum Gasteiger partial charge on any atom is 0.326 e. The van der Waals surface area contributed by atoms with Gasteiger partial charge in [-0.15, -0.1) is 0 Å². The largest absolute Gasteiger partial charge is 0.480 e. The van der Waals surface area contributed by atoms with E-state index in [9.17, 15) is 14.7 Å². The molecule has 1 aliphatic carbocycles. The smallest absolute Gasteiger partial charge is 0.326 e. The molecule has 3 rings (SSSR count). The average molecular weight is 283 g/mol. The molecule has 7 heteroatoms. The molecule has 0 aromatic carbocycles. The standard InChI is InChI=1S/C13H21N3O4/c17-10-5-11(12(18)19)16(7-10)13(20)14-8-3-4-15(6-8)9-1-2-9/h8-11,17H,1-7H2,(H,14,20)(H,18,19)/t8?,10?,11-/m0/s1. The summed E-state index contributed by atoms with van der Waals surface area (Å²) in [6, 6.07) is -0.491. The molecule has 20 heavy (non-hydrogen) atoms. The lowest BCUT2D eigenvalue weighted by Gasteiger charge is -2.24. The number of rotatable bonds is 3. The van der Waals surface area contributed by atoms with Gasteiger partial charge in [0, 0.05) is 38.1 Å². The minimum Gasteiger partial charge on any atom is -0.480 e. The van der Waals surface area contributed by atoms with E-state index in [4.69, 9.17) is 5.11 Å². The molecule has 2 heterocycles. The fraction of sp³-hybridized carbons (Fsp3) is 0.846. The molecule has 0 spiro atoms. The van der Waals surface area contributed by atoms with Crippen LogP contribution in [0.3, 0.4) is 0 Å². The summed E-state index contributed by atoms with van der Waals surface area (Å²) in [5.74, 6) is -1.05. The Bertz CT molecular complexity index is 412. The Balaban J connectivity index is 1.54. The summed E-state index contributed by atoms with van der Waals surface area (Å²) in [6.07, 6.45) is 2.78. The number of carboxylic acids is 1. The molecule has 2 saturated heterocycles. The minimum absolute atomic E-state index is 0.0929. The fourth-order valence-corrected chi connectivity index (χ4v) is 3.21. The number of hydrogen-bond donors (Lipinski definition) is 3. The van der Waals surface area contributed by atoms with Gasteiger partial charge in [0.05, 0.1) is 6.10 Å². The number of amides is 2. The first-order chi connectivity index (χ1) is 9.54. The number of nitrogens with zero attached hydrogens (tertiary/aromatic N) is 2. The van der Waals surface area contributed by atoms with Crippen molar-refractivity contribution in [2.45, 2.75) is 49.9 Å². The summed E-state index contributed by atoms with van der Waals surface area (Å²) in [4.78, 5) is 26.9. The number of carbonyl (C=O) groups is 2. The zero-order valence-electron chi connectivity index (χ0n) is 11.4. The molecule has 3 N–H and O–H groups in total. The molecule has 3 fully saturated rings. The van der Waals surface area contributed by atoms with Crippen molar-refractivity contribution in [3.8, 4) is 0 Å². The highest BCUT2D eigenvalue weighted by molar-refractivity contribution is 5.83. The molecule has 3 atom stereocenters. The number of β-amino-alcohol motifs (C(OH)–C–C–N with tert-alkyl or cyclic N) is 1. The van der Waals surface area contributed by atoms with Crippen LogP contribution < -0.4 is 5.32 Å². The third-order valence-corrected chi connectivity index (χ3v) is 4.44. The van der Waals surface area contributed by atoms with Gasteiger partial charge in [-0.25, -0.2) is 9.59 Å². The lowest BCUT2D eigenvalue weighted by molar-refractivity contribution is -0.141. The van der Waals surface area contributed by atoms with Crippen molar-refractivity contribution in [3.05, 3.63) is 0 Å². The summed E-state index contributed by atoms with van der Waals surface area (Å²) in [7, 11) is 0. The first kappa shape index (κ1) is 13.6. The van der Waals surface area contributed by atoms with Gasteiger partial charge in [-0.05, 0) is 19.3 Å². The Kier molecular flexibility index (Phi) is 3.55. The normalized spacial score (nSPS) is 34.5. The second-order valence-electron chi connectivity index (χ2n) is 6.06. The van der Waals surface area contributed by atoms with Gasteiger partial charge in [0.25, 0.3) is 0 Å². The van der Waals surface area contributed by atoms with Crippen LogP contribution in [0.2, 0.25) is 0 Å². The van der Waals surface area contributed by atoms with Crippen LogP contribution in [0.25, 0.3) is 0 Å². The van der Waals surface area contributed by atoms with Crippen LogP contribution in [0.4, 0.5) is 4.79 Å². The highest BCUT2D eigenvalue weighted by atomic mass is 16.4. The Morgan fingerprint density at radius 1 is 1.15 bits per heavy atom. The van der Waals surface area contributed by atoms with Crippen LogP contribution >= 0.6 is 0 Å². The molecule has 2 unspecified atom stereocenters. The van der Waals surface area contributed by atoms with Crippen molar-refractivity contribution in [3.63, 3.8) is 0 Å². The van der Waals surface area contributed by atoms with Crippen LogP contribution in [-0.2, 0) is 4.79 Å². The van der Waals surface area contributed by atoms with E-state index in [1.807, 2.05) is 0 Å². The zero-order valence-corrected chi connectivity index (χ0v) is 11.4. The van der Waals surface area contributed by atoms with Crippen LogP contribution in [0.5, 0.6) is 0 Å². The quantitative estimate of drug-likeness (QED) is 0.646. The van der Waals surface area contributed by atoms with E-state index in [0.717, 1.165) is 19.5 Å². The van der Waals surface area contributed by atoms with E-state index in [0.29, 0.717) is 6.04 Å². The number of likely N-dealkylation sites (tertiary alicyclic amines) is 2. The highest BCUT2D eigenvalue weighted by Gasteiger charge is 2.40. The van der Waals surface area contributed by atoms with Crippen LogP contribution in [0.15, 0.2) is 0 Å². The minimum atomic E-state index is -1.05. The van der Waals surface area contributed by atoms with Gasteiger partial charge < -0.3 is 20.4 Å². The van der Waals surface area contributed by atoms with Gasteiger partial charge in [0.2, 0.25) is 0 Å². The Labute approximate surface area is 117 Å². The van der Waals surface area contributed by atoms with Crippen molar-refractivity contribution < 1.29 is 19.8 Å². The predicted molar refractivity (Wildman–Crippen MR) is 70.3 cm³/mol. The number of urea groups is 1. The van der Waals surface area contributed by atoms with Gasteiger partial charge >= 0.3 is 12.0 Å². The molecule has 2 aliphatic heterocycles. The second-order valence-corrected chi connectivity index (χ2v) is 6.06. The third-order valence-electron chi connectivity index (χ3n) is 4.44. The Morgan fingerprint density at radius 3 is 2.55 bits per heavy atom. The van der Waals surface area contributed by atoms with Gasteiger partial charge in [-0.3, -0.25) is 4.90 Å². The molecule has 7 nitrogen and oxygen atoms in total. The van der Waals surface area contributed by atoms with Crippen molar-refractivity contribution in [2.24, 2.45) is 0 Å². The highest BCUT2D eigenvalue weighted by Crippen LogP contribution is 2.30. The van der Waals surface area contributed by atoms with Crippen LogP contribution in [-0.4, -0.2) is 75.9 Å². The SMILES string of the molecule is O=C(O)[C@@H]1CC(O)CN1C(=O)NC1CCN(C2CC2)C1. The lowest BCUT2D eigenvalue weighted by Crippen LogP contribution is -2.49. The first-order valence-electron chi connectivity index (χ1n) is 7.26. The number of hydrogen-bond acceptors (Lipinski definition) is 4. The maximum atomic E-state index is 12.2. The molecule has 0 aromatic heterocycles. The van der Waals surface area contributed by atoms with Gasteiger partial charge in [0.1, 0.15) is 6.04 Å². The molecule has 0 aromatic rings. The van der Waals surface area contributed by atoms with Crippen molar-refractivity contribution >= 4 is 12.0 Å². The summed E-state index contributed by atoms with van der Waals surface area (Å²) in [5.41, 5.74) is 0. The Hall–Kier alpha value is -1.34. The van der Waals surface area contributed by atoms with E-state index in [1.54, 1.807) is 0 Å². The van der Waals surface area contributed by atoms with Gasteiger partial charge in [-0.1, -0.05) is 0 Å². The van der Waals surface area contributed by atoms with Crippen molar-refractivity contribution in [1.82, 2.24) is 15.1 Å². The van der Waals surface area contributed by atoms with Crippen molar-refractivity contribution in [2.75, 3.05) is 19.6 Å². The molecule has 112 valence electrons. The summed E-state index contributed by atoms with van der Waals surface area (Å²) in [5, 5.41) is 21.6. The fourth-order valence-electron chi connectivity index (χ4n) is 3.21. The lowest BCUT2D eigenvalue weighted by atomic mass is 10.2. The molecule has 0 radical (unpaired) electrons. The number of nitrogens with one attached hydrogen (secondary N) is 1. The monoisotopic (exact) mass is 283 g/mol. The second kappa shape index (κ2) is 5.21. The van der Waals surface area contributed by atoms with E-state index in [-0.39, 0.29) is 25.0 Å². The zero-order chi connectivity index (χ0) is 14.3. The van der Waals surface area contributed by atoms with E-state index in [2.05, 4.69) is 10.2 Å². The topological polar surface area (TPSA) is 93.1 Å². The molecular formula is C13H21N3O4. The van der Waals surface area contributed by atoms with Crippen molar-refractivity contribution in [1.29, 1.82) is 0 Å². The van der Waals surface area contributed by atoms with E-state index in [1.165, 1.54) is 17.7 Å². The Morgan fingerprint density at radius 2 is 1.90 bits per heavy atom. The van der Waals surface area contributed by atoms with Gasteiger partial charge in [0.15, 0.2) is 0 Å². The molecule has 0 bridgehead atoms. The molecule has 3 aliphatic rings. The van der Waals surface area contributed by atoms with E-state index < -0.39 is 18.1 Å². The van der Waals surface area contributed by atoms with E-state index >= 15 is 0 Å². The number of aliphatic carboxylic acids is 1. The summed E-state index contributed by atoms with van der Waals surface area (Å²) >= 11 is 0. The molecule has 1 saturated carbocycles. The number of aliphatic hydroxyl groups excluding tert-OH is 1.